The predicted octanol–water partition coefficient (Wildman–Crippen LogP) is 4.33. The molecule has 2 rings (SSSR count). The van der Waals surface area contributed by atoms with Crippen LogP contribution in [0.25, 0.3) is 0 Å². The summed E-state index contributed by atoms with van der Waals surface area (Å²) in [6.45, 7) is 3.58. The molecule has 0 aromatic heterocycles. The van der Waals surface area contributed by atoms with Gasteiger partial charge in [-0.2, -0.15) is 0 Å². The Morgan fingerprint density at radius 1 is 1.11 bits per heavy atom. The van der Waals surface area contributed by atoms with Gasteiger partial charge in [-0.15, -0.1) is 0 Å². The SMILES string of the molecule is Cc1cc(F)cc(C(=O)c2cc(Cl)ccc2C)c1. The van der Waals surface area contributed by atoms with Crippen LogP contribution in [0.15, 0.2) is 36.4 Å². The molecule has 0 saturated heterocycles. The molecule has 2 aromatic rings. The average Bonchev–Trinajstić information content (AvgIpc) is 2.30. The summed E-state index contributed by atoms with van der Waals surface area (Å²) >= 11 is 5.88. The Balaban J connectivity index is 2.51. The highest BCUT2D eigenvalue weighted by molar-refractivity contribution is 6.31. The molecule has 0 bridgehead atoms. The minimum atomic E-state index is -0.405. The van der Waals surface area contributed by atoms with Crippen LogP contribution in [0.1, 0.15) is 27.0 Å². The Kier molecular flexibility index (Phi) is 3.48. The zero-order valence-electron chi connectivity index (χ0n) is 10.1. The van der Waals surface area contributed by atoms with E-state index >= 15 is 0 Å². The number of aryl methyl sites for hydroxylation is 2. The number of halogens is 2. The van der Waals surface area contributed by atoms with Crippen LogP contribution in [-0.2, 0) is 0 Å². The first kappa shape index (κ1) is 12.8. The zero-order chi connectivity index (χ0) is 13.3. The molecule has 0 aliphatic rings. The van der Waals surface area contributed by atoms with Crippen LogP contribution >= 0.6 is 11.6 Å². The van der Waals surface area contributed by atoms with Crippen molar-refractivity contribution in [3.63, 3.8) is 0 Å². The van der Waals surface area contributed by atoms with E-state index in [1.54, 1.807) is 31.2 Å². The molecule has 0 spiro atoms. The fourth-order valence-corrected chi connectivity index (χ4v) is 2.03. The number of ketones is 1. The molecule has 3 heteroatoms. The van der Waals surface area contributed by atoms with Crippen LogP contribution in [0.5, 0.6) is 0 Å². The van der Waals surface area contributed by atoms with Gasteiger partial charge in [0.1, 0.15) is 5.82 Å². The number of benzene rings is 2. The molecule has 18 heavy (non-hydrogen) atoms. The quantitative estimate of drug-likeness (QED) is 0.737. The molecule has 0 radical (unpaired) electrons. The summed E-state index contributed by atoms with van der Waals surface area (Å²) in [6, 6.07) is 9.43. The van der Waals surface area contributed by atoms with E-state index in [0.717, 1.165) is 11.1 Å². The third-order valence-electron chi connectivity index (χ3n) is 2.75. The Bertz CT molecular complexity index is 600. The molecule has 0 amide bonds. The van der Waals surface area contributed by atoms with E-state index < -0.39 is 5.82 Å². The Morgan fingerprint density at radius 3 is 2.50 bits per heavy atom. The molecule has 0 saturated carbocycles. The van der Waals surface area contributed by atoms with Crippen LogP contribution in [0, 0.1) is 19.7 Å². The second kappa shape index (κ2) is 4.91. The third-order valence-corrected chi connectivity index (χ3v) is 2.98. The highest BCUT2D eigenvalue weighted by Crippen LogP contribution is 2.20. The van der Waals surface area contributed by atoms with Crippen molar-refractivity contribution in [3.05, 3.63) is 69.5 Å². The van der Waals surface area contributed by atoms with Crippen molar-refractivity contribution in [1.82, 2.24) is 0 Å². The smallest absolute Gasteiger partial charge is 0.193 e. The fourth-order valence-electron chi connectivity index (χ4n) is 1.86. The lowest BCUT2D eigenvalue weighted by molar-refractivity contribution is 0.103. The first-order chi connectivity index (χ1) is 8.47. The minimum Gasteiger partial charge on any atom is -0.289 e. The molecular formula is C15H12ClFO. The molecule has 1 nitrogen and oxygen atoms in total. The molecule has 0 fully saturated rings. The maximum absolute atomic E-state index is 13.3. The lowest BCUT2D eigenvalue weighted by Gasteiger charge is -2.06. The number of carbonyl (C=O) groups excluding carboxylic acids is 1. The standard InChI is InChI=1S/C15H12ClFO/c1-9-5-11(7-13(17)6-9)15(18)14-8-12(16)4-3-10(14)2/h3-8H,1-2H3. The van der Waals surface area contributed by atoms with Gasteiger partial charge >= 0.3 is 0 Å². The van der Waals surface area contributed by atoms with E-state index in [-0.39, 0.29) is 5.78 Å². The summed E-state index contributed by atoms with van der Waals surface area (Å²) in [5.41, 5.74) is 2.40. The van der Waals surface area contributed by atoms with E-state index in [0.29, 0.717) is 16.1 Å². The summed E-state index contributed by atoms with van der Waals surface area (Å²) in [4.78, 5) is 12.3. The van der Waals surface area contributed by atoms with Crippen LogP contribution in [0.3, 0.4) is 0 Å². The van der Waals surface area contributed by atoms with Crippen molar-refractivity contribution in [3.8, 4) is 0 Å². The molecule has 0 heterocycles. The van der Waals surface area contributed by atoms with Gasteiger partial charge in [-0.3, -0.25) is 4.79 Å². The molecular weight excluding hydrogens is 251 g/mol. The van der Waals surface area contributed by atoms with Crippen molar-refractivity contribution < 1.29 is 9.18 Å². The second-order valence-corrected chi connectivity index (χ2v) is 4.74. The number of hydrogen-bond acceptors (Lipinski definition) is 1. The summed E-state index contributed by atoms with van der Waals surface area (Å²) in [7, 11) is 0. The molecule has 0 aliphatic heterocycles. The normalized spacial score (nSPS) is 10.4. The Morgan fingerprint density at radius 2 is 1.83 bits per heavy atom. The van der Waals surface area contributed by atoms with Gasteiger partial charge in [-0.05, 0) is 55.3 Å². The number of hydrogen-bond donors (Lipinski definition) is 0. The Hall–Kier alpha value is -1.67. The maximum Gasteiger partial charge on any atom is 0.193 e. The molecule has 0 unspecified atom stereocenters. The molecule has 92 valence electrons. The summed E-state index contributed by atoms with van der Waals surface area (Å²) < 4.78 is 13.3. The third kappa shape index (κ3) is 2.59. The predicted molar refractivity (Wildman–Crippen MR) is 70.8 cm³/mol. The maximum atomic E-state index is 13.3. The highest BCUT2D eigenvalue weighted by atomic mass is 35.5. The van der Waals surface area contributed by atoms with Crippen LogP contribution in [0.2, 0.25) is 5.02 Å². The highest BCUT2D eigenvalue weighted by Gasteiger charge is 2.13. The summed E-state index contributed by atoms with van der Waals surface area (Å²) in [5.74, 6) is -0.615. The van der Waals surface area contributed by atoms with Gasteiger partial charge in [0, 0.05) is 16.1 Å². The van der Waals surface area contributed by atoms with Gasteiger partial charge in [0.05, 0.1) is 0 Å². The van der Waals surface area contributed by atoms with Crippen molar-refractivity contribution in [2.75, 3.05) is 0 Å². The second-order valence-electron chi connectivity index (χ2n) is 4.31. The molecule has 0 atom stereocenters. The first-order valence-corrected chi connectivity index (χ1v) is 5.93. The fraction of sp³-hybridized carbons (Fsp3) is 0.133. The molecule has 2 aromatic carbocycles. The monoisotopic (exact) mass is 262 g/mol. The number of carbonyl (C=O) groups is 1. The largest absolute Gasteiger partial charge is 0.289 e. The average molecular weight is 263 g/mol. The van der Waals surface area contributed by atoms with Crippen LogP contribution in [0.4, 0.5) is 4.39 Å². The van der Waals surface area contributed by atoms with Gasteiger partial charge in [-0.25, -0.2) is 4.39 Å². The van der Waals surface area contributed by atoms with Gasteiger partial charge < -0.3 is 0 Å². The Labute approximate surface area is 110 Å². The lowest BCUT2D eigenvalue weighted by Crippen LogP contribution is -2.04. The molecule has 0 aliphatic carbocycles. The topological polar surface area (TPSA) is 17.1 Å². The zero-order valence-corrected chi connectivity index (χ0v) is 10.9. The van der Waals surface area contributed by atoms with Crippen molar-refractivity contribution in [1.29, 1.82) is 0 Å². The van der Waals surface area contributed by atoms with Crippen molar-refractivity contribution in [2.24, 2.45) is 0 Å². The van der Waals surface area contributed by atoms with E-state index in [9.17, 15) is 9.18 Å². The number of rotatable bonds is 2. The van der Waals surface area contributed by atoms with Crippen LogP contribution < -0.4 is 0 Å². The van der Waals surface area contributed by atoms with E-state index in [1.807, 2.05) is 6.92 Å². The van der Waals surface area contributed by atoms with Crippen molar-refractivity contribution >= 4 is 17.4 Å². The van der Waals surface area contributed by atoms with Gasteiger partial charge in [0.15, 0.2) is 5.78 Å². The lowest BCUT2D eigenvalue weighted by atomic mass is 9.98. The summed E-state index contributed by atoms with van der Waals surface area (Å²) in [5, 5.41) is 0.497. The van der Waals surface area contributed by atoms with Gasteiger partial charge in [0.25, 0.3) is 0 Å². The molecule has 0 N–H and O–H groups in total. The van der Waals surface area contributed by atoms with Gasteiger partial charge in [-0.1, -0.05) is 17.7 Å². The van der Waals surface area contributed by atoms with E-state index in [4.69, 9.17) is 11.6 Å². The van der Waals surface area contributed by atoms with E-state index in [2.05, 4.69) is 0 Å². The van der Waals surface area contributed by atoms with E-state index in [1.165, 1.54) is 12.1 Å². The first-order valence-electron chi connectivity index (χ1n) is 5.55. The summed E-state index contributed by atoms with van der Waals surface area (Å²) in [6.07, 6.45) is 0. The van der Waals surface area contributed by atoms with Crippen molar-refractivity contribution in [2.45, 2.75) is 13.8 Å². The van der Waals surface area contributed by atoms with Crippen LogP contribution in [-0.4, -0.2) is 5.78 Å². The van der Waals surface area contributed by atoms with Gasteiger partial charge in [0.2, 0.25) is 0 Å². The minimum absolute atomic E-state index is 0.211.